The van der Waals surface area contributed by atoms with Crippen LogP contribution in [0.5, 0.6) is 5.75 Å². The second kappa shape index (κ2) is 9.21. The lowest BCUT2D eigenvalue weighted by Gasteiger charge is -2.33. The van der Waals surface area contributed by atoms with Gasteiger partial charge in [0.2, 0.25) is 15.9 Å². The largest absolute Gasteiger partial charge is 0.497 e. The topological polar surface area (TPSA) is 75.7 Å². The van der Waals surface area contributed by atoms with Gasteiger partial charge in [-0.2, -0.15) is 4.31 Å². The molecular formula is C21H26N2O4S. The fraction of sp³-hybridized carbons (Fsp3) is 0.381. The van der Waals surface area contributed by atoms with Gasteiger partial charge < -0.3 is 10.1 Å². The van der Waals surface area contributed by atoms with Crippen LogP contribution >= 0.6 is 0 Å². The van der Waals surface area contributed by atoms with Crippen molar-refractivity contribution in [3.63, 3.8) is 0 Å². The van der Waals surface area contributed by atoms with Crippen LogP contribution in [0.3, 0.4) is 0 Å². The molecule has 0 radical (unpaired) electrons. The minimum Gasteiger partial charge on any atom is -0.497 e. The van der Waals surface area contributed by atoms with Crippen LogP contribution in [0.4, 0.5) is 0 Å². The van der Waals surface area contributed by atoms with Crippen molar-refractivity contribution in [2.24, 2.45) is 0 Å². The molecule has 0 bridgehead atoms. The summed E-state index contributed by atoms with van der Waals surface area (Å²) in [6.07, 6.45) is 2.83. The third-order valence-electron chi connectivity index (χ3n) is 4.98. The summed E-state index contributed by atoms with van der Waals surface area (Å²) in [6.45, 7) is 0.828. The van der Waals surface area contributed by atoms with Gasteiger partial charge in [0.15, 0.2) is 0 Å². The van der Waals surface area contributed by atoms with Crippen molar-refractivity contribution in [3.05, 3.63) is 60.2 Å². The molecule has 1 fully saturated rings. The highest BCUT2D eigenvalue weighted by atomic mass is 32.2. The van der Waals surface area contributed by atoms with Crippen molar-refractivity contribution in [1.29, 1.82) is 0 Å². The molecular weight excluding hydrogens is 376 g/mol. The number of nitrogens with one attached hydrogen (secondary N) is 1. The minimum atomic E-state index is -3.68. The van der Waals surface area contributed by atoms with Gasteiger partial charge in [0, 0.05) is 13.1 Å². The highest BCUT2D eigenvalue weighted by Gasteiger charge is 2.37. The summed E-state index contributed by atoms with van der Waals surface area (Å²) in [7, 11) is -2.06. The van der Waals surface area contributed by atoms with Crippen LogP contribution in [0, 0.1) is 0 Å². The number of piperidine rings is 1. The number of sulfonamides is 1. The Labute approximate surface area is 166 Å². The Morgan fingerprint density at radius 1 is 1.11 bits per heavy atom. The van der Waals surface area contributed by atoms with Crippen molar-refractivity contribution in [2.75, 3.05) is 20.2 Å². The molecule has 6 nitrogen and oxygen atoms in total. The highest BCUT2D eigenvalue weighted by molar-refractivity contribution is 7.89. The fourth-order valence-electron chi connectivity index (χ4n) is 3.42. The quantitative estimate of drug-likeness (QED) is 0.772. The molecule has 1 saturated heterocycles. The van der Waals surface area contributed by atoms with E-state index in [0.29, 0.717) is 25.9 Å². The molecule has 1 atom stereocenters. The van der Waals surface area contributed by atoms with Crippen LogP contribution in [-0.4, -0.2) is 44.9 Å². The lowest BCUT2D eigenvalue weighted by molar-refractivity contribution is -0.125. The van der Waals surface area contributed by atoms with Gasteiger partial charge in [0.05, 0.1) is 12.0 Å². The van der Waals surface area contributed by atoms with Gasteiger partial charge in [-0.25, -0.2) is 8.42 Å². The van der Waals surface area contributed by atoms with Gasteiger partial charge in [-0.1, -0.05) is 36.8 Å². The zero-order chi connectivity index (χ0) is 20.0. The Bertz CT molecular complexity index is 882. The van der Waals surface area contributed by atoms with Crippen LogP contribution in [0.1, 0.15) is 24.8 Å². The molecule has 1 aliphatic heterocycles. The molecule has 3 rings (SSSR count). The molecule has 7 heteroatoms. The van der Waals surface area contributed by atoms with E-state index >= 15 is 0 Å². The number of carbonyl (C=O) groups is 1. The molecule has 150 valence electrons. The first-order valence-electron chi connectivity index (χ1n) is 9.50. The predicted molar refractivity (Wildman–Crippen MR) is 108 cm³/mol. The molecule has 2 aromatic rings. The summed E-state index contributed by atoms with van der Waals surface area (Å²) >= 11 is 0. The number of rotatable bonds is 7. The first kappa shape index (κ1) is 20.4. The normalized spacial score (nSPS) is 17.8. The standard InChI is InChI=1S/C21H26N2O4S/c1-27-18-12-10-17(11-13-18)14-15-22-21(24)20-9-5-6-16-23(20)28(25,26)19-7-3-2-4-8-19/h2-4,7-8,10-13,20H,5-6,9,14-16H2,1H3,(H,22,24). The molecule has 1 unspecified atom stereocenters. The molecule has 2 aromatic carbocycles. The number of amides is 1. The van der Waals surface area contributed by atoms with E-state index in [9.17, 15) is 13.2 Å². The monoisotopic (exact) mass is 402 g/mol. The van der Waals surface area contributed by atoms with E-state index in [1.807, 2.05) is 24.3 Å². The van der Waals surface area contributed by atoms with Gasteiger partial charge in [0.1, 0.15) is 11.8 Å². The average molecular weight is 403 g/mol. The maximum absolute atomic E-state index is 13.0. The SMILES string of the molecule is COc1ccc(CCNC(=O)C2CCCCN2S(=O)(=O)c2ccccc2)cc1. The van der Waals surface area contributed by atoms with E-state index in [4.69, 9.17) is 4.74 Å². The first-order valence-corrected chi connectivity index (χ1v) is 10.9. The molecule has 1 N–H and O–H groups in total. The van der Waals surface area contributed by atoms with Gasteiger partial charge in [-0.15, -0.1) is 0 Å². The van der Waals surface area contributed by atoms with Crippen molar-refractivity contribution in [2.45, 2.75) is 36.6 Å². The lowest BCUT2D eigenvalue weighted by atomic mass is 10.0. The Kier molecular flexibility index (Phi) is 6.70. The molecule has 0 aromatic heterocycles. The number of hydrogen-bond acceptors (Lipinski definition) is 4. The van der Waals surface area contributed by atoms with Crippen molar-refractivity contribution >= 4 is 15.9 Å². The molecule has 1 amide bonds. The minimum absolute atomic E-state index is 0.229. The van der Waals surface area contributed by atoms with E-state index in [2.05, 4.69) is 5.32 Å². The second-order valence-electron chi connectivity index (χ2n) is 6.83. The fourth-order valence-corrected chi connectivity index (χ4v) is 5.10. The van der Waals surface area contributed by atoms with Gasteiger partial charge in [0.25, 0.3) is 0 Å². The van der Waals surface area contributed by atoms with Crippen LogP contribution in [-0.2, 0) is 21.2 Å². The van der Waals surface area contributed by atoms with E-state index in [1.165, 1.54) is 4.31 Å². The zero-order valence-electron chi connectivity index (χ0n) is 16.0. The summed E-state index contributed by atoms with van der Waals surface area (Å²) in [5, 5.41) is 2.91. The molecule has 0 spiro atoms. The van der Waals surface area contributed by atoms with E-state index < -0.39 is 16.1 Å². The van der Waals surface area contributed by atoms with Crippen molar-refractivity contribution in [1.82, 2.24) is 9.62 Å². The Morgan fingerprint density at radius 2 is 1.82 bits per heavy atom. The lowest BCUT2D eigenvalue weighted by Crippen LogP contribution is -2.52. The highest BCUT2D eigenvalue weighted by Crippen LogP contribution is 2.25. The number of benzene rings is 2. The number of hydrogen-bond donors (Lipinski definition) is 1. The van der Waals surface area contributed by atoms with Crippen LogP contribution in [0.2, 0.25) is 0 Å². The molecule has 0 saturated carbocycles. The second-order valence-corrected chi connectivity index (χ2v) is 8.72. The molecule has 1 aliphatic rings. The van der Waals surface area contributed by atoms with Crippen LogP contribution in [0.25, 0.3) is 0 Å². The number of carbonyl (C=O) groups excluding carboxylic acids is 1. The summed E-state index contributed by atoms with van der Waals surface area (Å²) in [4.78, 5) is 13.0. The summed E-state index contributed by atoms with van der Waals surface area (Å²) in [5.74, 6) is 0.560. The van der Waals surface area contributed by atoms with Crippen LogP contribution < -0.4 is 10.1 Å². The van der Waals surface area contributed by atoms with Gasteiger partial charge in [-0.3, -0.25) is 4.79 Å². The number of nitrogens with zero attached hydrogens (tertiary/aromatic N) is 1. The number of methoxy groups -OCH3 is 1. The van der Waals surface area contributed by atoms with Gasteiger partial charge in [-0.05, 0) is 49.1 Å². The average Bonchev–Trinajstić information content (AvgIpc) is 2.75. The van der Waals surface area contributed by atoms with Crippen molar-refractivity contribution in [3.8, 4) is 5.75 Å². The summed E-state index contributed by atoms with van der Waals surface area (Å²) in [6, 6.07) is 15.3. The van der Waals surface area contributed by atoms with E-state index in [0.717, 1.165) is 24.2 Å². The Morgan fingerprint density at radius 3 is 2.50 bits per heavy atom. The number of ether oxygens (including phenoxy) is 1. The Hall–Kier alpha value is -2.38. The van der Waals surface area contributed by atoms with Crippen molar-refractivity contribution < 1.29 is 17.9 Å². The van der Waals surface area contributed by atoms with Crippen LogP contribution in [0.15, 0.2) is 59.5 Å². The summed E-state index contributed by atoms with van der Waals surface area (Å²) in [5.41, 5.74) is 1.08. The zero-order valence-corrected chi connectivity index (χ0v) is 16.8. The maximum Gasteiger partial charge on any atom is 0.243 e. The maximum atomic E-state index is 13.0. The smallest absolute Gasteiger partial charge is 0.243 e. The third-order valence-corrected chi connectivity index (χ3v) is 6.90. The predicted octanol–water partition coefficient (Wildman–Crippen LogP) is 2.60. The van der Waals surface area contributed by atoms with Gasteiger partial charge >= 0.3 is 0 Å². The van der Waals surface area contributed by atoms with E-state index in [-0.39, 0.29) is 10.8 Å². The molecule has 0 aliphatic carbocycles. The van der Waals surface area contributed by atoms with E-state index in [1.54, 1.807) is 37.4 Å². The Balaban J connectivity index is 1.63. The first-order chi connectivity index (χ1) is 13.5. The molecule has 1 heterocycles. The third kappa shape index (κ3) is 4.72. The molecule has 28 heavy (non-hydrogen) atoms. The summed E-state index contributed by atoms with van der Waals surface area (Å²) < 4.78 is 32.5.